The minimum absolute atomic E-state index is 0.131. The molecular weight excluding hydrogens is 252 g/mol. The van der Waals surface area contributed by atoms with Crippen LogP contribution < -0.4 is 4.90 Å². The minimum Gasteiger partial charge on any atom is -0.468 e. The van der Waals surface area contributed by atoms with Crippen LogP contribution in [0.1, 0.15) is 20.3 Å². The van der Waals surface area contributed by atoms with Gasteiger partial charge >= 0.3 is 5.97 Å². The number of rotatable bonds is 4. The van der Waals surface area contributed by atoms with Gasteiger partial charge < -0.3 is 9.64 Å². The van der Waals surface area contributed by atoms with E-state index in [2.05, 4.69) is 34.1 Å². The van der Waals surface area contributed by atoms with Crippen molar-refractivity contribution in [1.82, 2.24) is 4.90 Å². The lowest BCUT2D eigenvalue weighted by atomic mass is 9.95. The fourth-order valence-electron chi connectivity index (χ4n) is 2.81. The molecule has 1 saturated heterocycles. The molecule has 1 aliphatic rings. The van der Waals surface area contributed by atoms with Crippen LogP contribution in [0, 0.1) is 0 Å². The largest absolute Gasteiger partial charge is 0.468 e. The number of carbonyl (C=O) groups is 1. The second-order valence-electron chi connectivity index (χ2n) is 5.43. The molecular formula is C16H24N2O2. The molecule has 1 heterocycles. The van der Waals surface area contributed by atoms with Gasteiger partial charge in [-0.05, 0) is 25.5 Å². The molecule has 1 aromatic carbocycles. The van der Waals surface area contributed by atoms with E-state index in [9.17, 15) is 4.79 Å². The number of piperazine rings is 1. The number of hydrogen-bond donors (Lipinski definition) is 0. The average molecular weight is 276 g/mol. The Hall–Kier alpha value is -1.55. The molecule has 1 fully saturated rings. The number of nitrogens with zero attached hydrogens (tertiary/aromatic N) is 2. The quantitative estimate of drug-likeness (QED) is 0.789. The third-order valence-corrected chi connectivity index (χ3v) is 4.41. The maximum atomic E-state index is 12.0. The van der Waals surface area contributed by atoms with Crippen molar-refractivity contribution in [1.29, 1.82) is 0 Å². The fourth-order valence-corrected chi connectivity index (χ4v) is 2.81. The summed E-state index contributed by atoms with van der Waals surface area (Å²) in [6.07, 6.45) is 0.769. The molecule has 1 aliphatic heterocycles. The number of benzene rings is 1. The summed E-state index contributed by atoms with van der Waals surface area (Å²) in [4.78, 5) is 16.7. The zero-order valence-electron chi connectivity index (χ0n) is 12.6. The first kappa shape index (κ1) is 14.9. The molecule has 4 nitrogen and oxygen atoms in total. The van der Waals surface area contributed by atoms with Gasteiger partial charge in [-0.25, -0.2) is 0 Å². The highest BCUT2D eigenvalue weighted by Crippen LogP contribution is 2.24. The molecule has 1 unspecified atom stereocenters. The third-order valence-electron chi connectivity index (χ3n) is 4.41. The van der Waals surface area contributed by atoms with Gasteiger partial charge in [0.05, 0.1) is 7.11 Å². The Bertz CT molecular complexity index is 441. The Morgan fingerprint density at radius 1 is 1.20 bits per heavy atom. The molecule has 0 amide bonds. The van der Waals surface area contributed by atoms with Crippen molar-refractivity contribution < 1.29 is 9.53 Å². The van der Waals surface area contributed by atoms with Gasteiger partial charge in [-0.1, -0.05) is 25.1 Å². The van der Waals surface area contributed by atoms with Gasteiger partial charge in [-0.3, -0.25) is 9.69 Å². The molecule has 1 aromatic rings. The fraction of sp³-hybridized carbons (Fsp3) is 0.562. The van der Waals surface area contributed by atoms with Crippen LogP contribution in [0.25, 0.3) is 0 Å². The topological polar surface area (TPSA) is 32.8 Å². The number of para-hydroxylation sites is 1. The van der Waals surface area contributed by atoms with Gasteiger partial charge in [0.15, 0.2) is 0 Å². The maximum absolute atomic E-state index is 12.0. The predicted octanol–water partition coefficient (Wildman–Crippen LogP) is 2.15. The first-order chi connectivity index (χ1) is 9.61. The number of esters is 1. The van der Waals surface area contributed by atoms with Gasteiger partial charge in [0.1, 0.15) is 5.54 Å². The van der Waals surface area contributed by atoms with E-state index < -0.39 is 5.54 Å². The molecule has 0 spiro atoms. The predicted molar refractivity (Wildman–Crippen MR) is 80.9 cm³/mol. The summed E-state index contributed by atoms with van der Waals surface area (Å²) in [5.74, 6) is -0.131. The Morgan fingerprint density at radius 3 is 2.30 bits per heavy atom. The first-order valence-corrected chi connectivity index (χ1v) is 7.25. The van der Waals surface area contributed by atoms with Gasteiger partial charge in [0.25, 0.3) is 0 Å². The van der Waals surface area contributed by atoms with Crippen LogP contribution in [0.5, 0.6) is 0 Å². The third kappa shape index (κ3) is 2.80. The summed E-state index contributed by atoms with van der Waals surface area (Å²) in [5.41, 5.74) is 0.751. The molecule has 4 heteroatoms. The van der Waals surface area contributed by atoms with Crippen LogP contribution in [-0.2, 0) is 9.53 Å². The molecule has 1 atom stereocenters. The van der Waals surface area contributed by atoms with Gasteiger partial charge in [-0.15, -0.1) is 0 Å². The summed E-state index contributed by atoms with van der Waals surface area (Å²) >= 11 is 0. The zero-order valence-corrected chi connectivity index (χ0v) is 12.6. The highest BCUT2D eigenvalue weighted by Gasteiger charge is 2.40. The van der Waals surface area contributed by atoms with Gasteiger partial charge in [0, 0.05) is 31.9 Å². The highest BCUT2D eigenvalue weighted by atomic mass is 16.5. The van der Waals surface area contributed by atoms with Crippen LogP contribution >= 0.6 is 0 Å². The van der Waals surface area contributed by atoms with Crippen LogP contribution in [0.3, 0.4) is 0 Å². The lowest BCUT2D eigenvalue weighted by Crippen LogP contribution is -2.59. The Kier molecular flexibility index (Phi) is 4.65. The lowest BCUT2D eigenvalue weighted by molar-refractivity contribution is -0.155. The van der Waals surface area contributed by atoms with Crippen molar-refractivity contribution in [2.45, 2.75) is 25.8 Å². The molecule has 0 N–H and O–H groups in total. The minimum atomic E-state index is -0.502. The number of methoxy groups -OCH3 is 1. The van der Waals surface area contributed by atoms with Crippen molar-refractivity contribution in [2.24, 2.45) is 0 Å². The summed E-state index contributed by atoms with van der Waals surface area (Å²) in [5, 5.41) is 0. The maximum Gasteiger partial charge on any atom is 0.325 e. The van der Waals surface area contributed by atoms with Crippen molar-refractivity contribution in [3.63, 3.8) is 0 Å². The van der Waals surface area contributed by atoms with Crippen molar-refractivity contribution in [2.75, 3.05) is 38.2 Å². The van der Waals surface area contributed by atoms with Gasteiger partial charge in [0.2, 0.25) is 0 Å². The van der Waals surface area contributed by atoms with E-state index in [1.807, 2.05) is 19.9 Å². The number of hydrogen-bond acceptors (Lipinski definition) is 4. The van der Waals surface area contributed by atoms with Crippen molar-refractivity contribution in [3.8, 4) is 0 Å². The molecule has 110 valence electrons. The average Bonchev–Trinajstić information content (AvgIpc) is 2.54. The van der Waals surface area contributed by atoms with Crippen LogP contribution in [0.2, 0.25) is 0 Å². The van der Waals surface area contributed by atoms with Crippen LogP contribution in [0.4, 0.5) is 5.69 Å². The molecule has 0 bridgehead atoms. The highest BCUT2D eigenvalue weighted by molar-refractivity contribution is 5.80. The molecule has 0 radical (unpaired) electrons. The smallest absolute Gasteiger partial charge is 0.325 e. The summed E-state index contributed by atoms with van der Waals surface area (Å²) in [6, 6.07) is 10.4. The van der Waals surface area contributed by atoms with E-state index in [1.54, 1.807) is 0 Å². The van der Waals surface area contributed by atoms with E-state index in [1.165, 1.54) is 12.8 Å². The van der Waals surface area contributed by atoms with Crippen LogP contribution in [-0.4, -0.2) is 49.7 Å². The first-order valence-electron chi connectivity index (χ1n) is 7.25. The SMILES string of the molecule is CCC(C)(C(=O)OC)N1CCN(c2ccccc2)CC1. The van der Waals surface area contributed by atoms with E-state index in [0.717, 1.165) is 32.6 Å². The van der Waals surface area contributed by atoms with E-state index in [0.29, 0.717) is 0 Å². The lowest BCUT2D eigenvalue weighted by Gasteiger charge is -2.44. The monoisotopic (exact) mass is 276 g/mol. The Balaban J connectivity index is 2.02. The van der Waals surface area contributed by atoms with Crippen molar-refractivity contribution in [3.05, 3.63) is 30.3 Å². The second-order valence-corrected chi connectivity index (χ2v) is 5.43. The summed E-state index contributed by atoms with van der Waals surface area (Å²) < 4.78 is 4.98. The van der Waals surface area contributed by atoms with Gasteiger partial charge in [-0.2, -0.15) is 0 Å². The van der Waals surface area contributed by atoms with Crippen LogP contribution in [0.15, 0.2) is 30.3 Å². The number of carbonyl (C=O) groups excluding carboxylic acids is 1. The molecule has 0 saturated carbocycles. The standard InChI is InChI=1S/C16H24N2O2/c1-4-16(2,15(19)20-3)18-12-10-17(11-13-18)14-8-6-5-7-9-14/h5-9H,4,10-13H2,1-3H3. The molecule has 20 heavy (non-hydrogen) atoms. The van der Waals surface area contributed by atoms with Crippen molar-refractivity contribution >= 4 is 11.7 Å². The van der Waals surface area contributed by atoms with E-state index in [4.69, 9.17) is 4.74 Å². The molecule has 2 rings (SSSR count). The number of anilines is 1. The van der Waals surface area contributed by atoms with E-state index in [-0.39, 0.29) is 5.97 Å². The Morgan fingerprint density at radius 2 is 1.80 bits per heavy atom. The molecule has 0 aromatic heterocycles. The number of ether oxygens (including phenoxy) is 1. The summed E-state index contributed by atoms with van der Waals surface area (Å²) in [6.45, 7) is 7.67. The summed E-state index contributed by atoms with van der Waals surface area (Å²) in [7, 11) is 1.47. The second kappa shape index (κ2) is 6.27. The normalized spacial score (nSPS) is 19.4. The van der Waals surface area contributed by atoms with E-state index >= 15 is 0 Å². The molecule has 0 aliphatic carbocycles. The zero-order chi connectivity index (χ0) is 14.6. The Labute approximate surface area is 121 Å².